The van der Waals surface area contributed by atoms with E-state index in [2.05, 4.69) is 0 Å². The van der Waals surface area contributed by atoms with E-state index in [1.54, 1.807) is 11.2 Å². The van der Waals surface area contributed by atoms with Crippen LogP contribution in [-0.2, 0) is 14.8 Å². The van der Waals surface area contributed by atoms with E-state index >= 15 is 0 Å². The fraction of sp³-hybridized carbons (Fsp3) is 1.00. The van der Waals surface area contributed by atoms with Crippen molar-refractivity contribution in [3.8, 4) is 0 Å². The Hall–Kier alpha value is -0.170. The quantitative estimate of drug-likeness (QED) is 0.696. The third-order valence-corrected chi connectivity index (χ3v) is 5.01. The highest BCUT2D eigenvalue weighted by atomic mass is 32.2. The normalized spacial score (nSPS) is 19.1. The van der Waals surface area contributed by atoms with Gasteiger partial charge in [-0.25, -0.2) is 8.42 Å². The Morgan fingerprint density at radius 1 is 1.18 bits per heavy atom. The molecule has 0 aliphatic carbocycles. The number of sulfonamides is 1. The van der Waals surface area contributed by atoms with Crippen molar-refractivity contribution >= 4 is 10.0 Å². The van der Waals surface area contributed by atoms with Gasteiger partial charge in [0.05, 0.1) is 5.75 Å². The van der Waals surface area contributed by atoms with Crippen molar-refractivity contribution in [1.82, 2.24) is 9.21 Å². The highest BCUT2D eigenvalue weighted by Crippen LogP contribution is 2.18. The van der Waals surface area contributed by atoms with Gasteiger partial charge >= 0.3 is 0 Å². The zero-order chi connectivity index (χ0) is 12.9. The predicted octanol–water partition coefficient (Wildman–Crippen LogP) is 0.379. The van der Waals surface area contributed by atoms with Gasteiger partial charge in [-0.3, -0.25) is 0 Å². The Kier molecular flexibility index (Phi) is 5.85. The summed E-state index contributed by atoms with van der Waals surface area (Å²) < 4.78 is 31.1. The maximum absolute atomic E-state index is 12.1. The monoisotopic (exact) mass is 264 g/mol. The first-order valence-electron chi connectivity index (χ1n) is 6.19. The lowest BCUT2D eigenvalue weighted by Crippen LogP contribution is -2.46. The smallest absolute Gasteiger partial charge is 0.214 e. The van der Waals surface area contributed by atoms with E-state index in [1.807, 2.05) is 19.0 Å². The van der Waals surface area contributed by atoms with Crippen LogP contribution in [0.3, 0.4) is 0 Å². The minimum atomic E-state index is -3.10. The van der Waals surface area contributed by atoms with Crippen molar-refractivity contribution in [3.63, 3.8) is 0 Å². The molecule has 1 saturated heterocycles. The molecule has 0 aromatic heterocycles. The molecule has 5 nitrogen and oxygen atoms in total. The summed E-state index contributed by atoms with van der Waals surface area (Å²) in [6, 6.07) is 0.119. The number of rotatable bonds is 6. The molecule has 0 aromatic carbocycles. The predicted molar refractivity (Wildman–Crippen MR) is 68.6 cm³/mol. The molecule has 0 aromatic rings. The van der Waals surface area contributed by atoms with Gasteiger partial charge in [0.25, 0.3) is 0 Å². The fourth-order valence-electron chi connectivity index (χ4n) is 1.99. The van der Waals surface area contributed by atoms with Gasteiger partial charge in [-0.2, -0.15) is 4.31 Å². The first-order valence-corrected chi connectivity index (χ1v) is 7.80. The Bertz CT molecular complexity index is 311. The summed E-state index contributed by atoms with van der Waals surface area (Å²) in [4.78, 5) is 2.01. The first kappa shape index (κ1) is 14.9. The van der Waals surface area contributed by atoms with Gasteiger partial charge in [-0.05, 0) is 33.9 Å². The summed E-state index contributed by atoms with van der Waals surface area (Å²) in [7, 11) is 0.814. The van der Waals surface area contributed by atoms with Crippen LogP contribution in [0.2, 0.25) is 0 Å². The van der Waals surface area contributed by atoms with Crippen molar-refractivity contribution in [2.24, 2.45) is 0 Å². The molecule has 0 amide bonds. The van der Waals surface area contributed by atoms with Crippen LogP contribution in [0.15, 0.2) is 0 Å². The maximum Gasteiger partial charge on any atom is 0.214 e. The van der Waals surface area contributed by atoms with Gasteiger partial charge < -0.3 is 9.64 Å². The lowest BCUT2D eigenvalue weighted by Gasteiger charge is -2.33. The minimum absolute atomic E-state index is 0.119. The highest BCUT2D eigenvalue weighted by Gasteiger charge is 2.29. The van der Waals surface area contributed by atoms with Crippen LogP contribution in [0.25, 0.3) is 0 Å². The van der Waals surface area contributed by atoms with Crippen molar-refractivity contribution in [2.45, 2.75) is 25.8 Å². The number of hydrogen-bond acceptors (Lipinski definition) is 4. The molecule has 17 heavy (non-hydrogen) atoms. The van der Waals surface area contributed by atoms with Crippen LogP contribution in [0, 0.1) is 0 Å². The second-order valence-electron chi connectivity index (χ2n) is 4.66. The third-order valence-electron chi connectivity index (χ3n) is 3.09. The zero-order valence-electron chi connectivity index (χ0n) is 11.1. The van der Waals surface area contributed by atoms with Crippen molar-refractivity contribution in [1.29, 1.82) is 0 Å². The lowest BCUT2D eigenvalue weighted by atomic mass is 10.1. The first-order chi connectivity index (χ1) is 7.97. The van der Waals surface area contributed by atoms with Crippen LogP contribution in [0.1, 0.15) is 19.8 Å². The largest absolute Gasteiger partial charge is 0.381 e. The summed E-state index contributed by atoms with van der Waals surface area (Å²) in [6.45, 7) is 4.38. The van der Waals surface area contributed by atoms with E-state index < -0.39 is 10.0 Å². The number of hydrogen-bond donors (Lipinski definition) is 0. The van der Waals surface area contributed by atoms with E-state index in [-0.39, 0.29) is 11.8 Å². The molecule has 0 spiro atoms. The molecule has 102 valence electrons. The number of ether oxygens (including phenoxy) is 1. The topological polar surface area (TPSA) is 49.9 Å². The molecule has 1 heterocycles. The third kappa shape index (κ3) is 4.54. The molecule has 6 heteroatoms. The minimum Gasteiger partial charge on any atom is -0.381 e. The van der Waals surface area contributed by atoms with Crippen LogP contribution < -0.4 is 0 Å². The standard InChI is InChI=1S/C11H24N2O3S/c1-4-17(14,15)13(8-7-12(2)3)11-5-9-16-10-6-11/h11H,4-10H2,1-3H3. The van der Waals surface area contributed by atoms with E-state index in [4.69, 9.17) is 4.74 Å². The summed E-state index contributed by atoms with van der Waals surface area (Å²) in [5, 5.41) is 0. The highest BCUT2D eigenvalue weighted by molar-refractivity contribution is 7.89. The Morgan fingerprint density at radius 2 is 1.76 bits per heavy atom. The fourth-order valence-corrected chi connectivity index (χ4v) is 3.34. The van der Waals surface area contributed by atoms with Crippen LogP contribution in [0.4, 0.5) is 0 Å². The molecule has 1 aliphatic heterocycles. The number of likely N-dealkylation sites (N-methyl/N-ethyl adjacent to an activating group) is 1. The molecule has 0 unspecified atom stereocenters. The van der Waals surface area contributed by atoms with Crippen molar-refractivity contribution in [3.05, 3.63) is 0 Å². The van der Waals surface area contributed by atoms with E-state index in [0.717, 1.165) is 19.4 Å². The van der Waals surface area contributed by atoms with Crippen molar-refractivity contribution in [2.75, 3.05) is 46.2 Å². The molecule has 0 N–H and O–H groups in total. The van der Waals surface area contributed by atoms with Gasteiger partial charge in [-0.15, -0.1) is 0 Å². The molecule has 1 aliphatic rings. The van der Waals surface area contributed by atoms with Gasteiger partial charge in [0.2, 0.25) is 10.0 Å². The lowest BCUT2D eigenvalue weighted by molar-refractivity contribution is 0.0573. The van der Waals surface area contributed by atoms with Crippen LogP contribution in [0.5, 0.6) is 0 Å². The van der Waals surface area contributed by atoms with Gasteiger partial charge in [0, 0.05) is 32.3 Å². The van der Waals surface area contributed by atoms with E-state index in [0.29, 0.717) is 19.8 Å². The van der Waals surface area contributed by atoms with Crippen LogP contribution in [-0.4, -0.2) is 69.8 Å². The van der Waals surface area contributed by atoms with Crippen molar-refractivity contribution < 1.29 is 13.2 Å². The molecule has 0 atom stereocenters. The molecular weight excluding hydrogens is 240 g/mol. The second-order valence-corrected chi connectivity index (χ2v) is 6.87. The molecule has 0 bridgehead atoms. The Labute approximate surface area is 105 Å². The maximum atomic E-state index is 12.1. The SMILES string of the molecule is CCS(=O)(=O)N(CCN(C)C)C1CCOCC1. The number of nitrogens with zero attached hydrogens (tertiary/aromatic N) is 2. The molecular formula is C11H24N2O3S. The molecule has 0 radical (unpaired) electrons. The second kappa shape index (κ2) is 6.68. The average Bonchev–Trinajstić information content (AvgIpc) is 2.30. The van der Waals surface area contributed by atoms with Crippen LogP contribution >= 0.6 is 0 Å². The summed E-state index contributed by atoms with van der Waals surface area (Å²) in [6.07, 6.45) is 1.62. The van der Waals surface area contributed by atoms with Gasteiger partial charge in [0.1, 0.15) is 0 Å². The molecule has 1 fully saturated rings. The Balaban J connectivity index is 2.70. The van der Waals surface area contributed by atoms with E-state index in [9.17, 15) is 8.42 Å². The van der Waals surface area contributed by atoms with E-state index in [1.165, 1.54) is 0 Å². The molecule has 1 rings (SSSR count). The van der Waals surface area contributed by atoms with Gasteiger partial charge in [-0.1, -0.05) is 0 Å². The molecule has 0 saturated carbocycles. The zero-order valence-corrected chi connectivity index (χ0v) is 11.9. The summed E-state index contributed by atoms with van der Waals surface area (Å²) in [5.41, 5.74) is 0. The van der Waals surface area contributed by atoms with Gasteiger partial charge in [0.15, 0.2) is 0 Å². The summed E-state index contributed by atoms with van der Waals surface area (Å²) >= 11 is 0. The summed E-state index contributed by atoms with van der Waals surface area (Å²) in [5.74, 6) is 0.178. The Morgan fingerprint density at radius 3 is 2.24 bits per heavy atom. The average molecular weight is 264 g/mol.